The van der Waals surface area contributed by atoms with Gasteiger partial charge in [-0.3, -0.25) is 4.79 Å². The molecule has 1 aromatic rings. The molecule has 2 aliphatic heterocycles. The van der Waals surface area contributed by atoms with Gasteiger partial charge in [-0.25, -0.2) is 4.99 Å². The molecular weight excluding hydrogens is 218 g/mol. The van der Waals surface area contributed by atoms with E-state index in [-0.39, 0.29) is 18.1 Å². The maximum atomic E-state index is 12.2. The summed E-state index contributed by atoms with van der Waals surface area (Å²) >= 11 is 0. The molecule has 17 heavy (non-hydrogen) atoms. The van der Waals surface area contributed by atoms with Crippen LogP contribution in [0, 0.1) is 0 Å². The molecule has 6 nitrogen and oxygen atoms in total. The Balaban J connectivity index is 1.88. The third-order valence-corrected chi connectivity index (χ3v) is 2.96. The standard InChI is InChI=1S/C11H13N5O/c12-11-14-7-4-2-6-16(9(7)15-11)10(17)8-3-1-5-13-8/h1-5,7,9,13H,6H2,(H3,12,14,15)/t7-,9+/m0/s1. The summed E-state index contributed by atoms with van der Waals surface area (Å²) in [4.78, 5) is 21.1. The predicted molar refractivity (Wildman–Crippen MR) is 63.3 cm³/mol. The lowest BCUT2D eigenvalue weighted by molar-refractivity contribution is 0.0685. The number of nitrogens with zero attached hydrogens (tertiary/aromatic N) is 2. The SMILES string of the molecule is NC1=N[C@H]2[C@H](C=CCN2C(=O)c2ccc[nH]2)N1. The van der Waals surface area contributed by atoms with Gasteiger partial charge in [-0.2, -0.15) is 0 Å². The summed E-state index contributed by atoms with van der Waals surface area (Å²) in [7, 11) is 0. The minimum absolute atomic E-state index is 0.0114. The number of hydrogen-bond donors (Lipinski definition) is 3. The van der Waals surface area contributed by atoms with Gasteiger partial charge in [0, 0.05) is 12.7 Å². The van der Waals surface area contributed by atoms with Gasteiger partial charge in [-0.15, -0.1) is 0 Å². The van der Waals surface area contributed by atoms with Gasteiger partial charge < -0.3 is 20.9 Å². The fourth-order valence-electron chi connectivity index (χ4n) is 2.17. The molecule has 0 aliphatic carbocycles. The van der Waals surface area contributed by atoms with Crippen molar-refractivity contribution >= 4 is 11.9 Å². The Kier molecular flexibility index (Phi) is 2.14. The Morgan fingerprint density at radius 3 is 3.24 bits per heavy atom. The zero-order chi connectivity index (χ0) is 11.8. The maximum absolute atomic E-state index is 12.2. The summed E-state index contributed by atoms with van der Waals surface area (Å²) in [6, 6.07) is 3.54. The lowest BCUT2D eigenvalue weighted by atomic mass is 10.1. The van der Waals surface area contributed by atoms with Crippen molar-refractivity contribution in [2.24, 2.45) is 10.7 Å². The zero-order valence-electron chi connectivity index (χ0n) is 9.13. The highest BCUT2D eigenvalue weighted by Crippen LogP contribution is 2.19. The number of amides is 1. The van der Waals surface area contributed by atoms with Crippen LogP contribution in [0.15, 0.2) is 35.5 Å². The average molecular weight is 231 g/mol. The van der Waals surface area contributed by atoms with Crippen LogP contribution in [0.2, 0.25) is 0 Å². The number of carbonyl (C=O) groups excluding carboxylic acids is 1. The Labute approximate surface area is 98.2 Å². The maximum Gasteiger partial charge on any atom is 0.272 e. The topological polar surface area (TPSA) is 86.5 Å². The van der Waals surface area contributed by atoms with Gasteiger partial charge in [0.25, 0.3) is 5.91 Å². The van der Waals surface area contributed by atoms with Gasteiger partial charge in [0.2, 0.25) is 0 Å². The number of rotatable bonds is 1. The number of H-pyrrole nitrogens is 1. The van der Waals surface area contributed by atoms with Crippen molar-refractivity contribution in [3.05, 3.63) is 36.2 Å². The van der Waals surface area contributed by atoms with Crippen LogP contribution >= 0.6 is 0 Å². The second kappa shape index (κ2) is 3.65. The summed E-state index contributed by atoms with van der Waals surface area (Å²) in [6.07, 6.45) is 5.43. The van der Waals surface area contributed by atoms with Crippen LogP contribution in [0.1, 0.15) is 10.5 Å². The Morgan fingerprint density at radius 1 is 1.59 bits per heavy atom. The highest BCUT2D eigenvalue weighted by Gasteiger charge is 2.36. The first-order valence-corrected chi connectivity index (χ1v) is 5.46. The van der Waals surface area contributed by atoms with E-state index >= 15 is 0 Å². The molecule has 1 amide bonds. The number of carbonyl (C=O) groups is 1. The second-order valence-corrected chi connectivity index (χ2v) is 4.07. The number of aliphatic imine (C=N–C) groups is 1. The molecule has 3 rings (SSSR count). The van der Waals surface area contributed by atoms with Crippen molar-refractivity contribution in [3.8, 4) is 0 Å². The largest absolute Gasteiger partial charge is 0.370 e. The van der Waals surface area contributed by atoms with Crippen LogP contribution in [-0.4, -0.2) is 40.5 Å². The van der Waals surface area contributed by atoms with E-state index in [1.807, 2.05) is 12.2 Å². The van der Waals surface area contributed by atoms with Crippen molar-refractivity contribution in [2.45, 2.75) is 12.2 Å². The molecule has 3 heterocycles. The normalized spacial score (nSPS) is 26.4. The lowest BCUT2D eigenvalue weighted by Gasteiger charge is -2.31. The smallest absolute Gasteiger partial charge is 0.272 e. The van der Waals surface area contributed by atoms with E-state index in [2.05, 4.69) is 15.3 Å². The van der Waals surface area contributed by atoms with Gasteiger partial charge in [0.15, 0.2) is 12.1 Å². The number of guanidine groups is 1. The van der Waals surface area contributed by atoms with E-state index in [1.165, 1.54) is 0 Å². The minimum Gasteiger partial charge on any atom is -0.370 e. The molecule has 2 aliphatic rings. The van der Waals surface area contributed by atoms with E-state index in [1.54, 1.807) is 23.2 Å². The van der Waals surface area contributed by atoms with E-state index in [0.717, 1.165) is 0 Å². The summed E-state index contributed by atoms with van der Waals surface area (Å²) in [5.41, 5.74) is 6.20. The first-order chi connectivity index (χ1) is 8.25. The van der Waals surface area contributed by atoms with E-state index < -0.39 is 0 Å². The van der Waals surface area contributed by atoms with Crippen molar-refractivity contribution in [1.82, 2.24) is 15.2 Å². The fourth-order valence-corrected chi connectivity index (χ4v) is 2.17. The second-order valence-electron chi connectivity index (χ2n) is 4.07. The predicted octanol–water partition coefficient (Wildman–Crippen LogP) is -0.361. The third-order valence-electron chi connectivity index (χ3n) is 2.96. The first kappa shape index (κ1) is 9.95. The molecule has 0 radical (unpaired) electrons. The molecule has 0 saturated heterocycles. The Hall–Kier alpha value is -2.24. The molecule has 0 aromatic carbocycles. The van der Waals surface area contributed by atoms with Gasteiger partial charge in [0.1, 0.15) is 5.69 Å². The van der Waals surface area contributed by atoms with Gasteiger partial charge in [-0.05, 0) is 12.1 Å². The average Bonchev–Trinajstić information content (AvgIpc) is 2.94. The highest BCUT2D eigenvalue weighted by atomic mass is 16.2. The van der Waals surface area contributed by atoms with Gasteiger partial charge >= 0.3 is 0 Å². The van der Waals surface area contributed by atoms with Crippen LogP contribution in [0.25, 0.3) is 0 Å². The highest BCUT2D eigenvalue weighted by molar-refractivity contribution is 5.93. The first-order valence-electron chi connectivity index (χ1n) is 5.46. The fraction of sp³-hybridized carbons (Fsp3) is 0.273. The molecule has 6 heteroatoms. The number of nitrogens with one attached hydrogen (secondary N) is 2. The van der Waals surface area contributed by atoms with Crippen molar-refractivity contribution in [2.75, 3.05) is 6.54 Å². The van der Waals surface area contributed by atoms with Gasteiger partial charge in [0.05, 0.1) is 6.04 Å². The molecule has 0 spiro atoms. The molecule has 0 fully saturated rings. The Morgan fingerprint density at radius 2 is 2.47 bits per heavy atom. The quantitative estimate of drug-likeness (QED) is 0.577. The monoisotopic (exact) mass is 231 g/mol. The van der Waals surface area contributed by atoms with E-state index in [4.69, 9.17) is 5.73 Å². The minimum atomic E-state index is -0.240. The zero-order valence-corrected chi connectivity index (χ0v) is 9.13. The number of fused-ring (bicyclic) bond motifs is 1. The molecule has 1 aromatic heterocycles. The molecule has 0 unspecified atom stereocenters. The van der Waals surface area contributed by atoms with Crippen LogP contribution < -0.4 is 11.1 Å². The van der Waals surface area contributed by atoms with Crippen molar-refractivity contribution in [3.63, 3.8) is 0 Å². The van der Waals surface area contributed by atoms with Crippen LogP contribution in [0.3, 0.4) is 0 Å². The molecule has 2 atom stereocenters. The molecule has 0 bridgehead atoms. The molecule has 4 N–H and O–H groups in total. The summed E-state index contributed by atoms with van der Waals surface area (Å²) in [6.45, 7) is 0.553. The summed E-state index contributed by atoms with van der Waals surface area (Å²) < 4.78 is 0. The summed E-state index contributed by atoms with van der Waals surface area (Å²) in [5.74, 6) is 0.324. The third kappa shape index (κ3) is 1.57. The van der Waals surface area contributed by atoms with Crippen molar-refractivity contribution < 1.29 is 4.79 Å². The number of aromatic nitrogens is 1. The van der Waals surface area contributed by atoms with Crippen LogP contribution in [-0.2, 0) is 0 Å². The van der Waals surface area contributed by atoms with E-state index in [9.17, 15) is 4.79 Å². The molecular formula is C11H13N5O. The number of nitrogens with two attached hydrogens (primary N) is 1. The molecule has 88 valence electrons. The number of hydrogen-bond acceptors (Lipinski definition) is 4. The Bertz CT molecular complexity index is 490. The van der Waals surface area contributed by atoms with Crippen LogP contribution in [0.5, 0.6) is 0 Å². The summed E-state index contributed by atoms with van der Waals surface area (Å²) in [5, 5.41) is 3.02. The molecule has 0 saturated carbocycles. The van der Waals surface area contributed by atoms with Crippen molar-refractivity contribution in [1.29, 1.82) is 0 Å². The van der Waals surface area contributed by atoms with Crippen LogP contribution in [0.4, 0.5) is 0 Å². The van der Waals surface area contributed by atoms with E-state index in [0.29, 0.717) is 18.2 Å². The van der Waals surface area contributed by atoms with Gasteiger partial charge in [-0.1, -0.05) is 12.2 Å². The number of aromatic amines is 1. The lowest BCUT2D eigenvalue weighted by Crippen LogP contribution is -2.49.